The van der Waals surface area contributed by atoms with Crippen molar-refractivity contribution in [2.75, 3.05) is 56.2 Å². The number of morpholine rings is 1. The number of fused-ring (bicyclic) bond motifs is 1. The van der Waals surface area contributed by atoms with Gasteiger partial charge in [0.2, 0.25) is 5.95 Å². The molecule has 0 bridgehead atoms. The van der Waals surface area contributed by atoms with Gasteiger partial charge in [0.15, 0.2) is 5.82 Å². The van der Waals surface area contributed by atoms with Crippen LogP contribution in [0.5, 0.6) is 0 Å². The van der Waals surface area contributed by atoms with E-state index in [1.165, 1.54) is 10.1 Å². The summed E-state index contributed by atoms with van der Waals surface area (Å²) in [7, 11) is 0. The quantitative estimate of drug-likeness (QED) is 0.367. The third-order valence-corrected chi connectivity index (χ3v) is 7.21. The predicted octanol–water partition coefficient (Wildman–Crippen LogP) is 4.52. The number of benzene rings is 2. The minimum atomic E-state index is -2.74. The SMILES string of the molecule is FC(F)c1nc2ccccc2n1-c1cc(N2CCOCC2)nc(NC[C@@H]2CCN(Cc3ccccc3)C2)n1. The van der Waals surface area contributed by atoms with E-state index in [0.717, 1.165) is 26.1 Å². The number of halogens is 2. The minimum absolute atomic E-state index is 0.323. The molecule has 38 heavy (non-hydrogen) atoms. The number of imidazole rings is 1. The van der Waals surface area contributed by atoms with Crippen LogP contribution in [0.3, 0.4) is 0 Å². The molecule has 4 aromatic rings. The number of para-hydroxylation sites is 2. The average molecular weight is 520 g/mol. The first-order valence-corrected chi connectivity index (χ1v) is 13.1. The molecule has 2 aromatic carbocycles. The molecule has 1 atom stereocenters. The Hall–Kier alpha value is -3.63. The first-order chi connectivity index (χ1) is 18.6. The first kappa shape index (κ1) is 24.7. The van der Waals surface area contributed by atoms with Crippen molar-refractivity contribution in [3.63, 3.8) is 0 Å². The van der Waals surface area contributed by atoms with Gasteiger partial charge < -0.3 is 15.0 Å². The maximum absolute atomic E-state index is 14.1. The number of nitrogens with one attached hydrogen (secondary N) is 1. The Morgan fingerprint density at radius 2 is 1.68 bits per heavy atom. The number of hydrogen-bond acceptors (Lipinski definition) is 7. The Morgan fingerprint density at radius 1 is 0.921 bits per heavy atom. The summed E-state index contributed by atoms with van der Waals surface area (Å²) in [5.41, 5.74) is 2.41. The van der Waals surface area contributed by atoms with Gasteiger partial charge in [0.1, 0.15) is 11.6 Å². The molecule has 0 unspecified atom stereocenters. The topological polar surface area (TPSA) is 71.3 Å². The number of alkyl halides is 2. The molecule has 8 nitrogen and oxygen atoms in total. The highest BCUT2D eigenvalue weighted by atomic mass is 19.3. The Morgan fingerprint density at radius 3 is 2.50 bits per heavy atom. The Bertz CT molecular complexity index is 1370. The van der Waals surface area contributed by atoms with Crippen LogP contribution in [0.15, 0.2) is 60.7 Å². The van der Waals surface area contributed by atoms with Crippen molar-refractivity contribution in [2.45, 2.75) is 19.4 Å². The number of likely N-dealkylation sites (tertiary alicyclic amines) is 1. The van der Waals surface area contributed by atoms with Crippen molar-refractivity contribution in [1.29, 1.82) is 0 Å². The Kier molecular flexibility index (Phi) is 7.15. The molecule has 0 spiro atoms. The number of rotatable bonds is 8. The van der Waals surface area contributed by atoms with Crippen LogP contribution in [-0.4, -0.2) is 70.4 Å². The van der Waals surface area contributed by atoms with E-state index < -0.39 is 6.43 Å². The summed E-state index contributed by atoms with van der Waals surface area (Å²) in [6, 6.07) is 19.4. The minimum Gasteiger partial charge on any atom is -0.378 e. The number of anilines is 2. The van der Waals surface area contributed by atoms with Crippen molar-refractivity contribution >= 4 is 22.8 Å². The summed E-state index contributed by atoms with van der Waals surface area (Å²) in [6.07, 6.45) is -1.66. The van der Waals surface area contributed by atoms with Crippen LogP contribution in [0, 0.1) is 5.92 Å². The fourth-order valence-corrected chi connectivity index (χ4v) is 5.30. The van der Waals surface area contributed by atoms with Crippen LogP contribution in [0.2, 0.25) is 0 Å². The van der Waals surface area contributed by atoms with Crippen molar-refractivity contribution in [3.8, 4) is 5.82 Å². The molecule has 4 heterocycles. The fourth-order valence-electron chi connectivity index (χ4n) is 5.30. The summed E-state index contributed by atoms with van der Waals surface area (Å²) < 4.78 is 35.1. The maximum Gasteiger partial charge on any atom is 0.296 e. The molecular weight excluding hydrogens is 488 g/mol. The van der Waals surface area contributed by atoms with Crippen LogP contribution in [0.25, 0.3) is 16.9 Å². The summed E-state index contributed by atoms with van der Waals surface area (Å²) in [5, 5.41) is 3.42. The van der Waals surface area contributed by atoms with Crippen LogP contribution in [0.4, 0.5) is 20.5 Å². The third-order valence-electron chi connectivity index (χ3n) is 7.21. The van der Waals surface area contributed by atoms with Crippen LogP contribution >= 0.6 is 0 Å². The smallest absolute Gasteiger partial charge is 0.296 e. The van der Waals surface area contributed by atoms with Crippen LogP contribution in [0.1, 0.15) is 24.2 Å². The van der Waals surface area contributed by atoms with Gasteiger partial charge in [-0.05, 0) is 36.6 Å². The number of ether oxygens (including phenoxy) is 1. The zero-order valence-corrected chi connectivity index (χ0v) is 21.1. The molecule has 0 saturated carbocycles. The highest BCUT2D eigenvalue weighted by Crippen LogP contribution is 2.29. The zero-order valence-electron chi connectivity index (χ0n) is 21.1. The van der Waals surface area contributed by atoms with E-state index in [1.807, 2.05) is 12.1 Å². The van der Waals surface area contributed by atoms with Gasteiger partial charge >= 0.3 is 0 Å². The Balaban J connectivity index is 1.26. The fraction of sp³-hybridized carbons (Fsp3) is 0.393. The second kappa shape index (κ2) is 11.0. The largest absolute Gasteiger partial charge is 0.378 e. The molecule has 6 rings (SSSR count). The van der Waals surface area contributed by atoms with E-state index >= 15 is 0 Å². The van der Waals surface area contributed by atoms with Gasteiger partial charge in [-0.15, -0.1) is 0 Å². The monoisotopic (exact) mass is 519 g/mol. The lowest BCUT2D eigenvalue weighted by Crippen LogP contribution is -2.37. The summed E-state index contributed by atoms with van der Waals surface area (Å²) in [4.78, 5) is 18.3. The van der Waals surface area contributed by atoms with Gasteiger partial charge in [-0.25, -0.2) is 13.8 Å². The van der Waals surface area contributed by atoms with E-state index in [1.54, 1.807) is 24.3 Å². The highest BCUT2D eigenvalue weighted by Gasteiger charge is 2.25. The van der Waals surface area contributed by atoms with Crippen LogP contribution in [-0.2, 0) is 11.3 Å². The molecule has 2 aliphatic heterocycles. The molecule has 0 amide bonds. The molecule has 1 N–H and O–H groups in total. The standard InChI is InChI=1S/C28H31F2N7O/c29-26(30)27-32-22-8-4-5-9-23(22)37(27)25-16-24(36-12-14-38-15-13-36)33-28(34-25)31-17-21-10-11-35(19-21)18-20-6-2-1-3-7-20/h1-9,16,21,26H,10-15,17-19H2,(H,31,33,34)/t21-/m0/s1. The average Bonchev–Trinajstić information content (AvgIpc) is 3.57. The predicted molar refractivity (Wildman–Crippen MR) is 143 cm³/mol. The van der Waals surface area contributed by atoms with Gasteiger partial charge in [-0.3, -0.25) is 9.47 Å². The second-order valence-electron chi connectivity index (χ2n) is 9.86. The highest BCUT2D eigenvalue weighted by molar-refractivity contribution is 5.78. The molecule has 0 radical (unpaired) electrons. The number of nitrogens with zero attached hydrogens (tertiary/aromatic N) is 6. The molecule has 0 aliphatic carbocycles. The first-order valence-electron chi connectivity index (χ1n) is 13.1. The van der Waals surface area contributed by atoms with Gasteiger partial charge in [-0.1, -0.05) is 42.5 Å². The normalized spacial score (nSPS) is 18.5. The molecule has 2 fully saturated rings. The van der Waals surface area contributed by atoms with E-state index in [4.69, 9.17) is 14.7 Å². The summed E-state index contributed by atoms with van der Waals surface area (Å²) in [6.45, 7) is 6.23. The van der Waals surface area contributed by atoms with Crippen molar-refractivity contribution in [2.24, 2.45) is 5.92 Å². The molecule has 2 saturated heterocycles. The van der Waals surface area contributed by atoms with Gasteiger partial charge in [-0.2, -0.15) is 9.97 Å². The summed E-state index contributed by atoms with van der Waals surface area (Å²) in [5.74, 6) is 1.63. The molecule has 198 valence electrons. The van der Waals surface area contributed by atoms with E-state index in [9.17, 15) is 8.78 Å². The third kappa shape index (κ3) is 5.32. The van der Waals surface area contributed by atoms with Gasteiger partial charge in [0, 0.05) is 38.8 Å². The lowest BCUT2D eigenvalue weighted by Gasteiger charge is -2.28. The number of aromatic nitrogens is 4. The van der Waals surface area contributed by atoms with Crippen LogP contribution < -0.4 is 10.2 Å². The van der Waals surface area contributed by atoms with E-state index in [2.05, 4.69) is 44.4 Å². The molecular formula is C28H31F2N7O. The maximum atomic E-state index is 14.1. The lowest BCUT2D eigenvalue weighted by atomic mass is 10.1. The number of hydrogen-bond donors (Lipinski definition) is 1. The lowest BCUT2D eigenvalue weighted by molar-refractivity contribution is 0.122. The van der Waals surface area contributed by atoms with Crippen molar-refractivity contribution in [3.05, 3.63) is 72.1 Å². The van der Waals surface area contributed by atoms with Crippen molar-refractivity contribution < 1.29 is 13.5 Å². The molecule has 2 aromatic heterocycles. The summed E-state index contributed by atoms with van der Waals surface area (Å²) >= 11 is 0. The van der Waals surface area contributed by atoms with Crippen molar-refractivity contribution in [1.82, 2.24) is 24.4 Å². The molecule has 10 heteroatoms. The molecule has 2 aliphatic rings. The zero-order chi connectivity index (χ0) is 25.9. The van der Waals surface area contributed by atoms with Gasteiger partial charge in [0.05, 0.1) is 24.2 Å². The van der Waals surface area contributed by atoms with E-state index in [-0.39, 0.29) is 5.82 Å². The van der Waals surface area contributed by atoms with E-state index in [0.29, 0.717) is 67.4 Å². The second-order valence-corrected chi connectivity index (χ2v) is 9.86. The van der Waals surface area contributed by atoms with Gasteiger partial charge in [0.25, 0.3) is 6.43 Å². The Labute approximate surface area is 220 Å².